The summed E-state index contributed by atoms with van der Waals surface area (Å²) in [4.78, 5) is 6.52. The van der Waals surface area contributed by atoms with Crippen molar-refractivity contribution in [3.05, 3.63) is 40.9 Å². The molecule has 1 aromatic carbocycles. The van der Waals surface area contributed by atoms with Gasteiger partial charge in [0.05, 0.1) is 11.9 Å². The lowest BCUT2D eigenvalue weighted by atomic mass is 10.1. The van der Waals surface area contributed by atoms with E-state index >= 15 is 0 Å². The van der Waals surface area contributed by atoms with E-state index in [-0.39, 0.29) is 0 Å². The minimum absolute atomic E-state index is 0.698. The quantitative estimate of drug-likeness (QED) is 0.763. The zero-order valence-electron chi connectivity index (χ0n) is 10.5. The van der Waals surface area contributed by atoms with Crippen molar-refractivity contribution in [3.63, 3.8) is 0 Å². The number of aromatic nitrogens is 2. The third-order valence-electron chi connectivity index (χ3n) is 3.19. The SMILES string of the molecule is CCc1ccc(-c2c(C)sc3ncc(N)n23)cc1. The lowest BCUT2D eigenvalue weighted by Crippen LogP contribution is -1.94. The number of hydrogen-bond acceptors (Lipinski definition) is 3. The van der Waals surface area contributed by atoms with Gasteiger partial charge in [0.15, 0.2) is 4.96 Å². The summed E-state index contributed by atoms with van der Waals surface area (Å²) in [7, 11) is 0. The maximum atomic E-state index is 5.99. The Morgan fingerprint density at radius 1 is 1.28 bits per heavy atom. The van der Waals surface area contributed by atoms with Crippen LogP contribution in [0, 0.1) is 6.92 Å². The molecule has 0 amide bonds. The molecule has 0 fully saturated rings. The Bertz CT molecular complexity index is 692. The molecule has 0 unspecified atom stereocenters. The number of nitrogen functional groups attached to an aromatic ring is 1. The van der Waals surface area contributed by atoms with Crippen molar-refractivity contribution in [3.8, 4) is 11.3 Å². The van der Waals surface area contributed by atoms with Gasteiger partial charge in [-0.1, -0.05) is 31.2 Å². The Morgan fingerprint density at radius 3 is 2.67 bits per heavy atom. The molecule has 0 aliphatic heterocycles. The van der Waals surface area contributed by atoms with Crippen molar-refractivity contribution in [2.24, 2.45) is 0 Å². The van der Waals surface area contributed by atoms with Crippen LogP contribution in [0.25, 0.3) is 16.2 Å². The maximum absolute atomic E-state index is 5.99. The summed E-state index contributed by atoms with van der Waals surface area (Å²) >= 11 is 1.68. The highest BCUT2D eigenvalue weighted by molar-refractivity contribution is 7.17. The fourth-order valence-electron chi connectivity index (χ4n) is 2.22. The number of anilines is 1. The highest BCUT2D eigenvalue weighted by Crippen LogP contribution is 2.32. The average Bonchev–Trinajstić information content (AvgIpc) is 2.89. The van der Waals surface area contributed by atoms with Crippen LogP contribution in [0.5, 0.6) is 0 Å². The fraction of sp³-hybridized carbons (Fsp3) is 0.214. The molecule has 0 radical (unpaired) electrons. The van der Waals surface area contributed by atoms with Gasteiger partial charge in [-0.2, -0.15) is 0 Å². The first kappa shape index (κ1) is 11.3. The highest BCUT2D eigenvalue weighted by atomic mass is 32.1. The van der Waals surface area contributed by atoms with E-state index in [4.69, 9.17) is 5.73 Å². The summed E-state index contributed by atoms with van der Waals surface area (Å²) in [6.07, 6.45) is 2.78. The van der Waals surface area contributed by atoms with E-state index in [9.17, 15) is 0 Å². The number of aryl methyl sites for hydroxylation is 2. The second kappa shape index (κ2) is 4.14. The molecule has 2 heterocycles. The van der Waals surface area contributed by atoms with Crippen molar-refractivity contribution < 1.29 is 0 Å². The standard InChI is InChI=1S/C14H15N3S/c1-3-10-4-6-11(7-5-10)13-9(2)18-14-16-8-12(15)17(13)14/h4-8H,3,15H2,1-2H3. The molecule has 3 rings (SSSR count). The van der Waals surface area contributed by atoms with Crippen LogP contribution in [-0.2, 0) is 6.42 Å². The van der Waals surface area contributed by atoms with E-state index < -0.39 is 0 Å². The van der Waals surface area contributed by atoms with Crippen LogP contribution in [0.3, 0.4) is 0 Å². The van der Waals surface area contributed by atoms with Crippen LogP contribution >= 0.6 is 11.3 Å². The molecule has 3 aromatic rings. The van der Waals surface area contributed by atoms with Gasteiger partial charge < -0.3 is 5.73 Å². The molecule has 0 aliphatic carbocycles. The van der Waals surface area contributed by atoms with Crippen LogP contribution in [0.15, 0.2) is 30.5 Å². The molecule has 0 aliphatic rings. The molecule has 4 heteroatoms. The molecule has 0 atom stereocenters. The summed E-state index contributed by atoms with van der Waals surface area (Å²) in [6, 6.07) is 8.66. The summed E-state index contributed by atoms with van der Waals surface area (Å²) in [5, 5.41) is 0. The van der Waals surface area contributed by atoms with Crippen LogP contribution in [0.4, 0.5) is 5.82 Å². The van der Waals surface area contributed by atoms with Gasteiger partial charge in [-0.05, 0) is 24.5 Å². The number of rotatable bonds is 2. The highest BCUT2D eigenvalue weighted by Gasteiger charge is 2.13. The number of fused-ring (bicyclic) bond motifs is 1. The minimum atomic E-state index is 0.698. The predicted octanol–water partition coefficient (Wildman–Crippen LogP) is 3.52. The maximum Gasteiger partial charge on any atom is 0.196 e. The average molecular weight is 257 g/mol. The number of nitrogens with zero attached hydrogens (tertiary/aromatic N) is 2. The molecular formula is C14H15N3S. The van der Waals surface area contributed by atoms with E-state index in [1.807, 2.05) is 4.40 Å². The Balaban J connectivity index is 2.23. The zero-order chi connectivity index (χ0) is 12.7. The first-order valence-corrected chi connectivity index (χ1v) is 6.84. The van der Waals surface area contributed by atoms with Crippen LogP contribution in [0.2, 0.25) is 0 Å². The summed E-state index contributed by atoms with van der Waals surface area (Å²) in [5.74, 6) is 0.698. The van der Waals surface area contributed by atoms with Gasteiger partial charge in [0, 0.05) is 4.88 Å². The fourth-order valence-corrected chi connectivity index (χ4v) is 3.19. The summed E-state index contributed by atoms with van der Waals surface area (Å²) in [6.45, 7) is 4.28. The molecule has 18 heavy (non-hydrogen) atoms. The van der Waals surface area contributed by atoms with E-state index in [2.05, 4.69) is 43.1 Å². The third-order valence-corrected chi connectivity index (χ3v) is 4.16. The molecule has 2 N–H and O–H groups in total. The number of nitrogens with two attached hydrogens (primary N) is 1. The molecule has 0 saturated carbocycles. The number of imidazole rings is 1. The molecule has 92 valence electrons. The minimum Gasteiger partial charge on any atom is -0.383 e. The van der Waals surface area contributed by atoms with E-state index in [1.54, 1.807) is 17.5 Å². The Kier molecular flexibility index (Phi) is 2.59. The Hall–Kier alpha value is -1.81. The van der Waals surface area contributed by atoms with Gasteiger partial charge in [0.1, 0.15) is 5.82 Å². The summed E-state index contributed by atoms with van der Waals surface area (Å²) in [5.41, 5.74) is 9.69. The molecule has 0 spiro atoms. The van der Waals surface area contributed by atoms with Gasteiger partial charge in [-0.3, -0.25) is 4.40 Å². The van der Waals surface area contributed by atoms with E-state index in [0.29, 0.717) is 5.82 Å². The zero-order valence-corrected chi connectivity index (χ0v) is 11.3. The molecule has 0 saturated heterocycles. The normalized spacial score (nSPS) is 11.2. The van der Waals surface area contributed by atoms with E-state index in [1.165, 1.54) is 16.0 Å². The largest absolute Gasteiger partial charge is 0.383 e. The van der Waals surface area contributed by atoms with Gasteiger partial charge in [-0.15, -0.1) is 11.3 Å². The van der Waals surface area contributed by atoms with Crippen molar-refractivity contribution in [1.29, 1.82) is 0 Å². The molecule has 0 bridgehead atoms. The van der Waals surface area contributed by atoms with Gasteiger partial charge >= 0.3 is 0 Å². The predicted molar refractivity (Wildman–Crippen MR) is 77.0 cm³/mol. The Labute approximate surface area is 110 Å². The van der Waals surface area contributed by atoms with Crippen LogP contribution in [0.1, 0.15) is 17.4 Å². The Morgan fingerprint density at radius 2 is 2.00 bits per heavy atom. The smallest absolute Gasteiger partial charge is 0.196 e. The lowest BCUT2D eigenvalue weighted by molar-refractivity contribution is 1.14. The van der Waals surface area contributed by atoms with Crippen molar-refractivity contribution in [1.82, 2.24) is 9.38 Å². The third kappa shape index (κ3) is 1.61. The summed E-state index contributed by atoms with van der Waals surface area (Å²) < 4.78 is 2.03. The second-order valence-corrected chi connectivity index (χ2v) is 5.54. The second-order valence-electron chi connectivity index (χ2n) is 4.36. The first-order chi connectivity index (χ1) is 8.70. The molecular weight excluding hydrogens is 242 g/mol. The van der Waals surface area contributed by atoms with E-state index in [0.717, 1.165) is 17.1 Å². The van der Waals surface area contributed by atoms with Crippen molar-refractivity contribution in [2.45, 2.75) is 20.3 Å². The number of thiazole rings is 1. The molecule has 2 aromatic heterocycles. The molecule has 3 nitrogen and oxygen atoms in total. The van der Waals surface area contributed by atoms with Crippen molar-refractivity contribution >= 4 is 22.1 Å². The van der Waals surface area contributed by atoms with Crippen molar-refractivity contribution in [2.75, 3.05) is 5.73 Å². The monoisotopic (exact) mass is 257 g/mol. The van der Waals surface area contributed by atoms with Gasteiger partial charge in [0.25, 0.3) is 0 Å². The number of benzene rings is 1. The number of hydrogen-bond donors (Lipinski definition) is 1. The lowest BCUT2D eigenvalue weighted by Gasteiger charge is -2.04. The topological polar surface area (TPSA) is 43.3 Å². The first-order valence-electron chi connectivity index (χ1n) is 6.02. The van der Waals surface area contributed by atoms with Crippen LogP contribution < -0.4 is 5.73 Å². The van der Waals surface area contributed by atoms with Gasteiger partial charge in [-0.25, -0.2) is 4.98 Å². The van der Waals surface area contributed by atoms with Gasteiger partial charge in [0.2, 0.25) is 0 Å². The van der Waals surface area contributed by atoms with Crippen LogP contribution in [-0.4, -0.2) is 9.38 Å².